The van der Waals surface area contributed by atoms with Gasteiger partial charge in [-0.05, 0) is 53.9 Å². The summed E-state index contributed by atoms with van der Waals surface area (Å²) in [5.41, 5.74) is 7.79. The molecule has 1 fully saturated rings. The van der Waals surface area contributed by atoms with Gasteiger partial charge < -0.3 is 10.3 Å². The maximum atomic E-state index is 13.3. The van der Waals surface area contributed by atoms with Crippen molar-refractivity contribution in [3.8, 4) is 11.3 Å². The Bertz CT molecular complexity index is 632. The van der Waals surface area contributed by atoms with E-state index in [-0.39, 0.29) is 5.82 Å². The van der Waals surface area contributed by atoms with Gasteiger partial charge in [-0.2, -0.15) is 0 Å². The monoisotopic (exact) mass is 323 g/mol. The number of nitrogen functional groups attached to an aromatic ring is 1. The van der Waals surface area contributed by atoms with Crippen LogP contribution in [0.2, 0.25) is 0 Å². The van der Waals surface area contributed by atoms with Crippen LogP contribution in [0.4, 0.5) is 10.2 Å². The molecule has 3 nitrogen and oxygen atoms in total. The van der Waals surface area contributed by atoms with Crippen LogP contribution in [0.5, 0.6) is 0 Å². The Morgan fingerprint density at radius 3 is 2.79 bits per heavy atom. The number of benzene rings is 1. The van der Waals surface area contributed by atoms with Crippen molar-refractivity contribution >= 4 is 21.7 Å². The Morgan fingerprint density at radius 2 is 2.21 bits per heavy atom. The first-order valence-corrected chi connectivity index (χ1v) is 7.22. The Morgan fingerprint density at radius 1 is 1.47 bits per heavy atom. The van der Waals surface area contributed by atoms with E-state index in [1.807, 2.05) is 0 Å². The third kappa shape index (κ3) is 2.16. The number of nitrogens with zero attached hydrogens (tertiary/aromatic N) is 2. The second-order valence-electron chi connectivity index (χ2n) is 4.85. The largest absolute Gasteiger partial charge is 0.383 e. The standard InChI is InChI=1S/C14H15BrFN3/c1-2-19-13(17)12(18-14(19)8-3-4-8)9-5-6-11(16)10(15)7-9/h5-8H,2-4,17H2,1H3. The van der Waals surface area contributed by atoms with E-state index in [0.717, 1.165) is 23.6 Å². The van der Waals surface area contributed by atoms with Gasteiger partial charge >= 0.3 is 0 Å². The molecule has 1 saturated carbocycles. The van der Waals surface area contributed by atoms with E-state index in [1.54, 1.807) is 12.1 Å². The fourth-order valence-electron chi connectivity index (χ4n) is 2.32. The minimum absolute atomic E-state index is 0.278. The minimum Gasteiger partial charge on any atom is -0.383 e. The molecule has 3 rings (SSSR count). The van der Waals surface area contributed by atoms with Gasteiger partial charge in [-0.15, -0.1) is 0 Å². The number of aromatic nitrogens is 2. The number of halogens is 2. The fourth-order valence-corrected chi connectivity index (χ4v) is 2.70. The molecule has 0 bridgehead atoms. The Hall–Kier alpha value is -1.36. The lowest BCUT2D eigenvalue weighted by atomic mass is 10.1. The molecule has 2 N–H and O–H groups in total. The molecular weight excluding hydrogens is 309 g/mol. The predicted molar refractivity (Wildman–Crippen MR) is 77.4 cm³/mol. The molecule has 0 radical (unpaired) electrons. The van der Waals surface area contributed by atoms with E-state index >= 15 is 0 Å². The van der Waals surface area contributed by atoms with Crippen molar-refractivity contribution in [3.63, 3.8) is 0 Å². The first-order valence-electron chi connectivity index (χ1n) is 6.43. The molecule has 1 aliphatic carbocycles. The molecule has 0 unspecified atom stereocenters. The maximum absolute atomic E-state index is 13.3. The van der Waals surface area contributed by atoms with Gasteiger partial charge in [0.15, 0.2) is 0 Å². The molecule has 1 aromatic carbocycles. The smallest absolute Gasteiger partial charge is 0.137 e. The van der Waals surface area contributed by atoms with Crippen molar-refractivity contribution < 1.29 is 4.39 Å². The van der Waals surface area contributed by atoms with Crippen molar-refractivity contribution in [2.24, 2.45) is 0 Å². The van der Waals surface area contributed by atoms with Crippen molar-refractivity contribution in [1.29, 1.82) is 0 Å². The summed E-state index contributed by atoms with van der Waals surface area (Å²) in [6.07, 6.45) is 2.37. The quantitative estimate of drug-likeness (QED) is 0.930. The molecule has 0 spiro atoms. The minimum atomic E-state index is -0.278. The van der Waals surface area contributed by atoms with Crippen LogP contribution < -0.4 is 5.73 Å². The predicted octanol–water partition coefficient (Wildman–Crippen LogP) is 3.93. The van der Waals surface area contributed by atoms with E-state index in [9.17, 15) is 4.39 Å². The summed E-state index contributed by atoms with van der Waals surface area (Å²) >= 11 is 3.20. The highest BCUT2D eigenvalue weighted by Gasteiger charge is 2.30. The van der Waals surface area contributed by atoms with Gasteiger partial charge in [-0.1, -0.05) is 0 Å². The first-order chi connectivity index (χ1) is 9.11. The van der Waals surface area contributed by atoms with Gasteiger partial charge in [0.25, 0.3) is 0 Å². The fraction of sp³-hybridized carbons (Fsp3) is 0.357. The average Bonchev–Trinajstić information content (AvgIpc) is 3.17. The number of hydrogen-bond acceptors (Lipinski definition) is 2. The van der Waals surface area contributed by atoms with E-state index < -0.39 is 0 Å². The first kappa shape index (κ1) is 12.7. The third-order valence-corrected chi connectivity index (χ3v) is 4.10. The van der Waals surface area contributed by atoms with Crippen LogP contribution in [0.15, 0.2) is 22.7 Å². The Balaban J connectivity index is 2.11. The number of hydrogen-bond donors (Lipinski definition) is 1. The molecule has 19 heavy (non-hydrogen) atoms. The zero-order valence-electron chi connectivity index (χ0n) is 10.7. The number of imidazole rings is 1. The molecule has 0 atom stereocenters. The molecule has 0 amide bonds. The van der Waals surface area contributed by atoms with E-state index in [2.05, 4.69) is 32.4 Å². The van der Waals surface area contributed by atoms with Crippen molar-refractivity contribution in [1.82, 2.24) is 9.55 Å². The van der Waals surface area contributed by atoms with E-state index in [4.69, 9.17) is 5.73 Å². The van der Waals surface area contributed by atoms with E-state index in [0.29, 0.717) is 16.2 Å². The molecular formula is C14H15BrFN3. The van der Waals surface area contributed by atoms with Gasteiger partial charge in [-0.25, -0.2) is 9.37 Å². The SMILES string of the molecule is CCn1c(C2CC2)nc(-c2ccc(F)c(Br)c2)c1N. The second kappa shape index (κ2) is 4.63. The summed E-state index contributed by atoms with van der Waals surface area (Å²) < 4.78 is 15.8. The highest BCUT2D eigenvalue weighted by Crippen LogP contribution is 2.42. The highest BCUT2D eigenvalue weighted by molar-refractivity contribution is 9.10. The van der Waals surface area contributed by atoms with Crippen LogP contribution in [0.25, 0.3) is 11.3 Å². The molecule has 0 saturated heterocycles. The zero-order valence-corrected chi connectivity index (χ0v) is 12.2. The number of anilines is 1. The molecule has 100 valence electrons. The third-order valence-electron chi connectivity index (χ3n) is 3.49. The van der Waals surface area contributed by atoms with Crippen molar-refractivity contribution in [2.75, 3.05) is 5.73 Å². The van der Waals surface area contributed by atoms with Gasteiger partial charge in [0.2, 0.25) is 0 Å². The maximum Gasteiger partial charge on any atom is 0.137 e. The van der Waals surface area contributed by atoms with Crippen molar-refractivity contribution in [3.05, 3.63) is 34.3 Å². The lowest BCUT2D eigenvalue weighted by Gasteiger charge is -2.05. The van der Waals surface area contributed by atoms with Crippen LogP contribution in [-0.2, 0) is 6.54 Å². The molecule has 1 aromatic heterocycles. The lowest BCUT2D eigenvalue weighted by molar-refractivity contribution is 0.621. The van der Waals surface area contributed by atoms with Crippen LogP contribution in [0.3, 0.4) is 0 Å². The summed E-state index contributed by atoms with van der Waals surface area (Å²) in [4.78, 5) is 4.68. The van der Waals surface area contributed by atoms with Crippen LogP contribution in [-0.4, -0.2) is 9.55 Å². The van der Waals surface area contributed by atoms with Crippen LogP contribution >= 0.6 is 15.9 Å². The van der Waals surface area contributed by atoms with E-state index in [1.165, 1.54) is 18.9 Å². The molecule has 5 heteroatoms. The van der Waals surface area contributed by atoms with Gasteiger partial charge in [0.1, 0.15) is 23.2 Å². The zero-order chi connectivity index (χ0) is 13.6. The molecule has 1 aliphatic rings. The second-order valence-corrected chi connectivity index (χ2v) is 5.71. The van der Waals surface area contributed by atoms with Gasteiger partial charge in [0.05, 0.1) is 4.47 Å². The average molecular weight is 324 g/mol. The topological polar surface area (TPSA) is 43.8 Å². The summed E-state index contributed by atoms with van der Waals surface area (Å²) in [6, 6.07) is 4.88. The van der Waals surface area contributed by atoms with Crippen LogP contribution in [0.1, 0.15) is 31.5 Å². The molecule has 0 aliphatic heterocycles. The molecule has 1 heterocycles. The number of rotatable bonds is 3. The Labute approximate surface area is 119 Å². The van der Waals surface area contributed by atoms with Crippen LogP contribution in [0, 0.1) is 5.82 Å². The van der Waals surface area contributed by atoms with Gasteiger partial charge in [0, 0.05) is 18.0 Å². The highest BCUT2D eigenvalue weighted by atomic mass is 79.9. The number of nitrogens with two attached hydrogens (primary N) is 1. The normalized spacial score (nSPS) is 14.9. The summed E-state index contributed by atoms with van der Waals surface area (Å²) in [5.74, 6) is 2.00. The Kier molecular flexibility index (Phi) is 3.09. The van der Waals surface area contributed by atoms with Gasteiger partial charge in [-0.3, -0.25) is 0 Å². The van der Waals surface area contributed by atoms with Crippen molar-refractivity contribution in [2.45, 2.75) is 32.2 Å². The molecule has 2 aromatic rings. The summed E-state index contributed by atoms with van der Waals surface area (Å²) in [6.45, 7) is 2.88. The summed E-state index contributed by atoms with van der Waals surface area (Å²) in [7, 11) is 0. The lowest BCUT2D eigenvalue weighted by Crippen LogP contribution is -2.04. The summed E-state index contributed by atoms with van der Waals surface area (Å²) in [5, 5.41) is 0.